The van der Waals surface area contributed by atoms with Crippen LogP contribution in [-0.4, -0.2) is 12.4 Å². The lowest BCUT2D eigenvalue weighted by atomic mass is 9.80. The molecule has 0 amide bonds. The highest BCUT2D eigenvalue weighted by atomic mass is 16.5. The summed E-state index contributed by atoms with van der Waals surface area (Å²) in [5.74, 6) is 2.58. The van der Waals surface area contributed by atoms with Gasteiger partial charge < -0.3 is 4.74 Å². The molecule has 1 aliphatic rings. The highest BCUT2D eigenvalue weighted by molar-refractivity contribution is 5.77. The van der Waals surface area contributed by atoms with Crippen molar-refractivity contribution in [3.05, 3.63) is 29.8 Å². The predicted molar refractivity (Wildman–Crippen MR) is 86.6 cm³/mol. The van der Waals surface area contributed by atoms with Gasteiger partial charge in [-0.1, -0.05) is 19.8 Å². The molecule has 0 aromatic heterocycles. The summed E-state index contributed by atoms with van der Waals surface area (Å²) >= 11 is 0. The lowest BCUT2D eigenvalue weighted by molar-refractivity contribution is -0.119. The summed E-state index contributed by atoms with van der Waals surface area (Å²) in [6.45, 7) is 2.70. The Balaban J connectivity index is 1.66. The molecule has 1 aliphatic carbocycles. The molecule has 2 rings (SSSR count). The van der Waals surface area contributed by atoms with E-state index in [9.17, 15) is 4.79 Å². The number of hydrogen-bond acceptors (Lipinski definition) is 3. The first kappa shape index (κ1) is 16.5. The number of Topliss-reactive ketones (excluding diaryl/α,β-unsaturated/α-hetero) is 1. The fraction of sp³-hybridized carbons (Fsp3) is 0.579. The normalized spacial score (nSPS) is 21.1. The van der Waals surface area contributed by atoms with Crippen LogP contribution in [0.3, 0.4) is 0 Å². The minimum Gasteiger partial charge on any atom is -0.493 e. The van der Waals surface area contributed by atoms with Crippen LogP contribution in [0, 0.1) is 23.2 Å². The second-order valence-corrected chi connectivity index (χ2v) is 6.26. The summed E-state index contributed by atoms with van der Waals surface area (Å²) in [6.07, 6.45) is 7.33. The highest BCUT2D eigenvalue weighted by Gasteiger charge is 2.22. The van der Waals surface area contributed by atoms with Gasteiger partial charge in [-0.3, -0.25) is 4.79 Å². The third kappa shape index (κ3) is 5.18. The average Bonchev–Trinajstić information content (AvgIpc) is 2.59. The quantitative estimate of drug-likeness (QED) is 0.744. The van der Waals surface area contributed by atoms with Gasteiger partial charge in [-0.2, -0.15) is 5.26 Å². The van der Waals surface area contributed by atoms with E-state index in [0.29, 0.717) is 23.7 Å². The van der Waals surface area contributed by atoms with E-state index < -0.39 is 0 Å². The molecule has 0 spiro atoms. The number of ketones is 1. The fourth-order valence-corrected chi connectivity index (χ4v) is 3.07. The summed E-state index contributed by atoms with van der Waals surface area (Å²) in [6, 6.07) is 9.41. The molecule has 0 bridgehead atoms. The molecule has 22 heavy (non-hydrogen) atoms. The molecule has 0 unspecified atom stereocenters. The van der Waals surface area contributed by atoms with E-state index in [1.807, 2.05) is 19.1 Å². The smallest absolute Gasteiger partial charge is 0.132 e. The summed E-state index contributed by atoms with van der Waals surface area (Å²) < 4.78 is 5.83. The summed E-state index contributed by atoms with van der Waals surface area (Å²) in [4.78, 5) is 11.4. The van der Waals surface area contributed by atoms with Crippen LogP contribution in [-0.2, 0) is 4.79 Å². The molecule has 0 heterocycles. The fourth-order valence-electron chi connectivity index (χ4n) is 3.07. The molecule has 118 valence electrons. The van der Waals surface area contributed by atoms with Crippen molar-refractivity contribution in [2.24, 2.45) is 11.8 Å². The minimum absolute atomic E-state index is 0.395. The van der Waals surface area contributed by atoms with Gasteiger partial charge in [0, 0.05) is 12.8 Å². The Morgan fingerprint density at radius 2 is 1.82 bits per heavy atom. The van der Waals surface area contributed by atoms with E-state index in [0.717, 1.165) is 31.1 Å². The average molecular weight is 299 g/mol. The van der Waals surface area contributed by atoms with Crippen molar-refractivity contribution in [1.82, 2.24) is 0 Å². The van der Waals surface area contributed by atoms with Gasteiger partial charge in [-0.25, -0.2) is 0 Å². The van der Waals surface area contributed by atoms with Gasteiger partial charge in [0.25, 0.3) is 0 Å². The molecular weight excluding hydrogens is 274 g/mol. The topological polar surface area (TPSA) is 50.1 Å². The molecule has 0 N–H and O–H groups in total. The van der Waals surface area contributed by atoms with E-state index >= 15 is 0 Å². The maximum atomic E-state index is 11.4. The Labute approximate surface area is 133 Å². The van der Waals surface area contributed by atoms with Crippen LogP contribution in [0.1, 0.15) is 57.4 Å². The molecule has 0 atom stereocenters. The van der Waals surface area contributed by atoms with Crippen LogP contribution >= 0.6 is 0 Å². The number of carbonyl (C=O) groups excluding carboxylic acids is 1. The Kier molecular flexibility index (Phi) is 6.45. The van der Waals surface area contributed by atoms with Crippen molar-refractivity contribution < 1.29 is 9.53 Å². The Morgan fingerprint density at radius 1 is 1.18 bits per heavy atom. The van der Waals surface area contributed by atoms with Crippen LogP contribution in [0.2, 0.25) is 0 Å². The molecule has 1 fully saturated rings. The molecule has 3 nitrogen and oxygen atoms in total. The standard InChI is InChI=1S/C19H25NO2/c1-2-18(21)10-7-15-3-5-17(6-4-15)14-22-19-11-8-16(13-20)9-12-19/h8-9,11-12,15,17H,2-7,10,14H2,1H3. The van der Waals surface area contributed by atoms with Crippen LogP contribution < -0.4 is 4.74 Å². The van der Waals surface area contributed by atoms with Crippen molar-refractivity contribution in [2.45, 2.75) is 51.9 Å². The van der Waals surface area contributed by atoms with Crippen molar-refractivity contribution in [3.63, 3.8) is 0 Å². The van der Waals surface area contributed by atoms with Crippen molar-refractivity contribution in [2.75, 3.05) is 6.61 Å². The largest absolute Gasteiger partial charge is 0.493 e. The van der Waals surface area contributed by atoms with Crippen LogP contribution in [0.15, 0.2) is 24.3 Å². The van der Waals surface area contributed by atoms with Gasteiger partial charge in [-0.15, -0.1) is 0 Å². The zero-order valence-electron chi connectivity index (χ0n) is 13.4. The second-order valence-electron chi connectivity index (χ2n) is 6.26. The number of hydrogen-bond donors (Lipinski definition) is 0. The predicted octanol–water partition coefficient (Wildman–Crippen LogP) is 4.50. The SMILES string of the molecule is CCC(=O)CCC1CCC(COc2ccc(C#N)cc2)CC1. The van der Waals surface area contributed by atoms with Crippen LogP contribution in [0.25, 0.3) is 0 Å². The highest BCUT2D eigenvalue weighted by Crippen LogP contribution is 2.32. The first-order chi connectivity index (χ1) is 10.7. The number of benzene rings is 1. The van der Waals surface area contributed by atoms with Gasteiger partial charge >= 0.3 is 0 Å². The van der Waals surface area contributed by atoms with Gasteiger partial charge in [0.05, 0.1) is 18.2 Å². The minimum atomic E-state index is 0.395. The summed E-state index contributed by atoms with van der Waals surface area (Å²) in [5, 5.41) is 8.77. The lowest BCUT2D eigenvalue weighted by Crippen LogP contribution is -2.20. The molecule has 1 aromatic rings. The van der Waals surface area contributed by atoms with Gasteiger partial charge in [-0.05, 0) is 55.4 Å². The van der Waals surface area contributed by atoms with Crippen LogP contribution in [0.5, 0.6) is 5.75 Å². The number of rotatable bonds is 7. The van der Waals surface area contributed by atoms with Gasteiger partial charge in [0.15, 0.2) is 0 Å². The first-order valence-electron chi connectivity index (χ1n) is 8.36. The molecule has 0 radical (unpaired) electrons. The third-order valence-corrected chi connectivity index (χ3v) is 4.66. The Morgan fingerprint density at radius 3 is 2.41 bits per heavy atom. The number of carbonyl (C=O) groups is 1. The number of ether oxygens (including phenoxy) is 1. The maximum absolute atomic E-state index is 11.4. The second kappa shape index (κ2) is 8.58. The zero-order chi connectivity index (χ0) is 15.8. The number of nitriles is 1. The van der Waals surface area contributed by atoms with Gasteiger partial charge in [0.2, 0.25) is 0 Å². The molecule has 0 saturated heterocycles. The summed E-state index contributed by atoms with van der Waals surface area (Å²) in [7, 11) is 0. The van der Waals surface area contributed by atoms with Crippen molar-refractivity contribution in [3.8, 4) is 11.8 Å². The maximum Gasteiger partial charge on any atom is 0.132 e. The summed E-state index contributed by atoms with van der Waals surface area (Å²) in [5.41, 5.74) is 0.662. The van der Waals surface area contributed by atoms with E-state index in [2.05, 4.69) is 6.07 Å². The molecule has 3 heteroatoms. The first-order valence-corrected chi connectivity index (χ1v) is 8.36. The molecule has 1 saturated carbocycles. The monoisotopic (exact) mass is 299 g/mol. The third-order valence-electron chi connectivity index (χ3n) is 4.66. The lowest BCUT2D eigenvalue weighted by Gasteiger charge is -2.28. The zero-order valence-corrected chi connectivity index (χ0v) is 13.4. The van der Waals surface area contributed by atoms with Crippen LogP contribution in [0.4, 0.5) is 0 Å². The van der Waals surface area contributed by atoms with E-state index in [1.54, 1.807) is 12.1 Å². The number of nitrogens with zero attached hydrogens (tertiary/aromatic N) is 1. The van der Waals surface area contributed by atoms with Crippen molar-refractivity contribution >= 4 is 5.78 Å². The van der Waals surface area contributed by atoms with E-state index in [-0.39, 0.29) is 0 Å². The Bertz CT molecular complexity index is 507. The van der Waals surface area contributed by atoms with Gasteiger partial charge in [0.1, 0.15) is 11.5 Å². The molecule has 1 aromatic carbocycles. The van der Waals surface area contributed by atoms with E-state index in [1.165, 1.54) is 25.7 Å². The Hall–Kier alpha value is -1.82. The molecule has 0 aliphatic heterocycles. The van der Waals surface area contributed by atoms with Crippen molar-refractivity contribution in [1.29, 1.82) is 5.26 Å². The van der Waals surface area contributed by atoms with E-state index in [4.69, 9.17) is 10.00 Å². The molecular formula is C19H25NO2.